The molecule has 0 fully saturated rings. The van der Waals surface area contributed by atoms with Gasteiger partial charge in [0.05, 0.1) is 11.5 Å². The molecule has 1 rings (SSSR count). The molecule has 0 atom stereocenters. The summed E-state index contributed by atoms with van der Waals surface area (Å²) in [5.41, 5.74) is 6.60. The first-order valence-corrected chi connectivity index (χ1v) is 4.17. The monoisotopic (exact) mass is 196 g/mol. The Morgan fingerprint density at radius 3 is 2.79 bits per heavy atom. The number of ether oxygens (including phenoxy) is 1. The van der Waals surface area contributed by atoms with Crippen LogP contribution in [-0.4, -0.2) is 18.6 Å². The molecule has 5 heteroatoms. The van der Waals surface area contributed by atoms with Gasteiger partial charge < -0.3 is 10.5 Å². The highest BCUT2D eigenvalue weighted by Gasteiger charge is 2.10. The second-order valence-electron chi connectivity index (χ2n) is 2.89. The minimum Gasteiger partial charge on any atom is -0.393 e. The fourth-order valence-corrected chi connectivity index (χ4v) is 1.15. The molecule has 0 aliphatic rings. The van der Waals surface area contributed by atoms with Crippen molar-refractivity contribution in [3.05, 3.63) is 33.9 Å². The van der Waals surface area contributed by atoms with Crippen molar-refractivity contribution < 1.29 is 9.66 Å². The van der Waals surface area contributed by atoms with Gasteiger partial charge in [0.1, 0.15) is 5.69 Å². The van der Waals surface area contributed by atoms with E-state index in [0.29, 0.717) is 13.0 Å². The second kappa shape index (κ2) is 4.57. The first-order chi connectivity index (χ1) is 6.65. The second-order valence-corrected chi connectivity index (χ2v) is 2.89. The van der Waals surface area contributed by atoms with Gasteiger partial charge in [0.25, 0.3) is 5.69 Å². The van der Waals surface area contributed by atoms with Crippen molar-refractivity contribution in [2.75, 3.05) is 19.5 Å². The van der Waals surface area contributed by atoms with E-state index in [0.717, 1.165) is 5.56 Å². The lowest BCUT2D eigenvalue weighted by Crippen LogP contribution is -1.99. The average molecular weight is 196 g/mol. The quantitative estimate of drug-likeness (QED) is 0.448. The van der Waals surface area contributed by atoms with Gasteiger partial charge in [-0.25, -0.2) is 0 Å². The molecule has 0 bridgehead atoms. The number of benzene rings is 1. The van der Waals surface area contributed by atoms with E-state index in [2.05, 4.69) is 0 Å². The summed E-state index contributed by atoms with van der Waals surface area (Å²) in [6, 6.07) is 4.71. The minimum absolute atomic E-state index is 0.0498. The molecule has 1 aromatic rings. The molecule has 0 aliphatic carbocycles. The Bertz CT molecular complexity index is 339. The zero-order valence-electron chi connectivity index (χ0n) is 7.90. The van der Waals surface area contributed by atoms with Gasteiger partial charge >= 0.3 is 0 Å². The third-order valence-corrected chi connectivity index (χ3v) is 1.88. The Labute approximate surface area is 81.6 Å². The maximum absolute atomic E-state index is 10.4. The van der Waals surface area contributed by atoms with Crippen molar-refractivity contribution in [2.24, 2.45) is 0 Å². The smallest absolute Gasteiger partial charge is 0.292 e. The first-order valence-electron chi connectivity index (χ1n) is 4.17. The average Bonchev–Trinajstić information content (AvgIpc) is 2.14. The van der Waals surface area contributed by atoms with Gasteiger partial charge in [0.2, 0.25) is 0 Å². The highest BCUT2D eigenvalue weighted by Crippen LogP contribution is 2.22. The van der Waals surface area contributed by atoms with E-state index in [1.807, 2.05) is 0 Å². The number of nitro benzene ring substituents is 1. The molecule has 0 saturated heterocycles. The lowest BCUT2D eigenvalue weighted by Gasteiger charge is -2.02. The van der Waals surface area contributed by atoms with Gasteiger partial charge in [-0.2, -0.15) is 0 Å². The number of nitrogens with zero attached hydrogens (tertiary/aromatic N) is 1. The molecule has 2 N–H and O–H groups in total. The SMILES string of the molecule is COCCc1ccc([N+](=O)[O-])c(N)c1. The molecule has 0 amide bonds. The predicted octanol–water partition coefficient (Wildman–Crippen LogP) is 1.37. The van der Waals surface area contributed by atoms with Gasteiger partial charge in [-0.3, -0.25) is 10.1 Å². The van der Waals surface area contributed by atoms with Crippen molar-refractivity contribution in [1.82, 2.24) is 0 Å². The maximum atomic E-state index is 10.4. The fourth-order valence-electron chi connectivity index (χ4n) is 1.15. The predicted molar refractivity (Wildman–Crippen MR) is 53.1 cm³/mol. The normalized spacial score (nSPS) is 10.1. The molecule has 0 unspecified atom stereocenters. The third kappa shape index (κ3) is 2.43. The van der Waals surface area contributed by atoms with Crippen LogP contribution < -0.4 is 5.73 Å². The molecule has 0 heterocycles. The number of nitrogens with two attached hydrogens (primary N) is 1. The molecule has 1 aromatic carbocycles. The van der Waals surface area contributed by atoms with Crippen LogP contribution in [0.15, 0.2) is 18.2 Å². The van der Waals surface area contributed by atoms with Crippen LogP contribution in [0.5, 0.6) is 0 Å². The molecular formula is C9H12N2O3. The number of nitro groups is 1. The summed E-state index contributed by atoms with van der Waals surface area (Å²) in [7, 11) is 1.61. The van der Waals surface area contributed by atoms with Crippen LogP contribution in [0.3, 0.4) is 0 Å². The van der Waals surface area contributed by atoms with Crippen molar-refractivity contribution in [3.8, 4) is 0 Å². The van der Waals surface area contributed by atoms with Crippen LogP contribution in [0, 0.1) is 10.1 Å². The number of anilines is 1. The minimum atomic E-state index is -0.491. The van der Waals surface area contributed by atoms with E-state index in [-0.39, 0.29) is 11.4 Å². The molecule has 76 valence electrons. The fraction of sp³-hybridized carbons (Fsp3) is 0.333. The summed E-state index contributed by atoms with van der Waals surface area (Å²) in [6.45, 7) is 0.581. The summed E-state index contributed by atoms with van der Waals surface area (Å²) in [6.07, 6.45) is 0.707. The maximum Gasteiger partial charge on any atom is 0.292 e. The Morgan fingerprint density at radius 1 is 1.57 bits per heavy atom. The number of hydrogen-bond donors (Lipinski definition) is 1. The van der Waals surface area contributed by atoms with E-state index >= 15 is 0 Å². The van der Waals surface area contributed by atoms with Crippen LogP contribution in [0.2, 0.25) is 0 Å². The van der Waals surface area contributed by atoms with E-state index in [1.54, 1.807) is 19.2 Å². The van der Waals surface area contributed by atoms with Crippen LogP contribution in [0.4, 0.5) is 11.4 Å². The number of rotatable bonds is 4. The van der Waals surface area contributed by atoms with Gasteiger partial charge in [-0.05, 0) is 18.1 Å². The van der Waals surface area contributed by atoms with Gasteiger partial charge in [-0.15, -0.1) is 0 Å². The van der Waals surface area contributed by atoms with Crippen molar-refractivity contribution in [3.63, 3.8) is 0 Å². The van der Waals surface area contributed by atoms with Crippen molar-refractivity contribution >= 4 is 11.4 Å². The highest BCUT2D eigenvalue weighted by molar-refractivity contribution is 5.59. The van der Waals surface area contributed by atoms with Gasteiger partial charge in [-0.1, -0.05) is 6.07 Å². The van der Waals surface area contributed by atoms with E-state index in [1.165, 1.54) is 6.07 Å². The van der Waals surface area contributed by atoms with Crippen molar-refractivity contribution in [1.29, 1.82) is 0 Å². The van der Waals surface area contributed by atoms with E-state index in [9.17, 15) is 10.1 Å². The molecule has 0 aliphatic heterocycles. The summed E-state index contributed by atoms with van der Waals surface area (Å²) >= 11 is 0. The third-order valence-electron chi connectivity index (χ3n) is 1.88. The topological polar surface area (TPSA) is 78.4 Å². The largest absolute Gasteiger partial charge is 0.393 e. The first kappa shape index (κ1) is 10.5. The lowest BCUT2D eigenvalue weighted by atomic mass is 10.1. The molecule has 14 heavy (non-hydrogen) atoms. The van der Waals surface area contributed by atoms with Crippen LogP contribution in [-0.2, 0) is 11.2 Å². The number of nitrogen functional groups attached to an aromatic ring is 1. The standard InChI is InChI=1S/C9H12N2O3/c1-14-5-4-7-2-3-9(11(12)13)8(10)6-7/h2-3,6H,4-5,10H2,1H3. The summed E-state index contributed by atoms with van der Waals surface area (Å²) in [5, 5.41) is 10.4. The zero-order chi connectivity index (χ0) is 10.6. The van der Waals surface area contributed by atoms with Gasteiger partial charge in [0.15, 0.2) is 0 Å². The Balaban J connectivity index is 2.83. The highest BCUT2D eigenvalue weighted by atomic mass is 16.6. The Kier molecular flexibility index (Phi) is 3.41. The van der Waals surface area contributed by atoms with Crippen molar-refractivity contribution in [2.45, 2.75) is 6.42 Å². The van der Waals surface area contributed by atoms with E-state index < -0.39 is 4.92 Å². The molecule has 5 nitrogen and oxygen atoms in total. The molecule has 0 aromatic heterocycles. The summed E-state index contributed by atoms with van der Waals surface area (Å²) in [4.78, 5) is 9.96. The van der Waals surface area contributed by atoms with Crippen LogP contribution in [0.25, 0.3) is 0 Å². The van der Waals surface area contributed by atoms with Gasteiger partial charge in [0, 0.05) is 13.2 Å². The number of methoxy groups -OCH3 is 1. The number of hydrogen-bond acceptors (Lipinski definition) is 4. The molecule has 0 radical (unpaired) electrons. The lowest BCUT2D eigenvalue weighted by molar-refractivity contribution is -0.383. The summed E-state index contributed by atoms with van der Waals surface area (Å²) in [5.74, 6) is 0. The Morgan fingerprint density at radius 2 is 2.29 bits per heavy atom. The molecule has 0 spiro atoms. The summed E-state index contributed by atoms with van der Waals surface area (Å²) < 4.78 is 4.89. The molecule has 0 saturated carbocycles. The van der Waals surface area contributed by atoms with E-state index in [4.69, 9.17) is 10.5 Å². The van der Waals surface area contributed by atoms with Crippen LogP contribution >= 0.6 is 0 Å². The zero-order valence-corrected chi connectivity index (χ0v) is 7.90. The molecular weight excluding hydrogens is 184 g/mol. The Hall–Kier alpha value is -1.62. The van der Waals surface area contributed by atoms with Crippen LogP contribution in [0.1, 0.15) is 5.56 Å².